The molecule has 0 aliphatic heterocycles. The third-order valence-electron chi connectivity index (χ3n) is 1.56. The van der Waals surface area contributed by atoms with Gasteiger partial charge in [-0.1, -0.05) is 20.8 Å². The van der Waals surface area contributed by atoms with Gasteiger partial charge in [-0.05, 0) is 0 Å². The van der Waals surface area contributed by atoms with E-state index in [9.17, 15) is 0 Å². The van der Waals surface area contributed by atoms with Crippen LogP contribution in [-0.2, 0) is 24.4 Å². The number of hydrogen-bond acceptors (Lipinski definition) is 3. The molecule has 0 saturated heterocycles. The van der Waals surface area contributed by atoms with Crippen LogP contribution in [0, 0.1) is 0 Å². The third-order valence-corrected chi connectivity index (χ3v) is 3.66. The van der Waals surface area contributed by atoms with Gasteiger partial charge in [-0.2, -0.15) is 0 Å². The minimum absolute atomic E-state index is 0. The maximum absolute atomic E-state index is 8.93. The van der Waals surface area contributed by atoms with Crippen molar-refractivity contribution in [1.29, 1.82) is 0 Å². The molecule has 0 bridgehead atoms. The van der Waals surface area contributed by atoms with E-state index in [0.717, 1.165) is 0 Å². The van der Waals surface area contributed by atoms with E-state index in [4.69, 9.17) is 15.3 Å². The van der Waals surface area contributed by atoms with Crippen molar-refractivity contribution in [1.82, 2.24) is 0 Å². The normalized spacial score (nSPS) is 13.6. The molecule has 1 aliphatic rings. The van der Waals surface area contributed by atoms with Gasteiger partial charge in [0.1, 0.15) is 0 Å². The topological polar surface area (TPSA) is 69.2 Å². The first kappa shape index (κ1) is 23.3. The number of rotatable bonds is 2. The van der Waals surface area contributed by atoms with E-state index in [-0.39, 0.29) is 19.8 Å². The van der Waals surface area contributed by atoms with Crippen LogP contribution in [0.15, 0.2) is 24.3 Å². The second-order valence-electron chi connectivity index (χ2n) is 3.37. The Hall–Kier alpha value is 0.230. The second kappa shape index (κ2) is 19.6. The van der Waals surface area contributed by atoms with Crippen LogP contribution in [0.25, 0.3) is 0 Å². The first-order valence-electron chi connectivity index (χ1n) is 6.38. The Morgan fingerprint density at radius 1 is 0.833 bits per heavy atom. The smallest absolute Gasteiger partial charge is 0.0809 e. The Morgan fingerprint density at radius 2 is 1.11 bits per heavy atom. The van der Waals surface area contributed by atoms with Crippen LogP contribution < -0.4 is 15.3 Å². The molecule has 0 saturated carbocycles. The molecule has 4 heteroatoms. The molecule has 104 valence electrons. The average Bonchev–Trinajstić information content (AvgIpc) is 2.69. The predicted octanol–water partition coefficient (Wildman–Crippen LogP) is 0.718. The molecule has 0 aromatic heterocycles. The molecule has 0 amide bonds. The molecule has 0 aromatic rings. The Kier molecular flexibility index (Phi) is 25.4. The van der Waals surface area contributed by atoms with Crippen molar-refractivity contribution in [3.8, 4) is 0 Å². The molecular formula is C14H26HfO3. The number of allylic oxidation sites excluding steroid dienone is 4. The van der Waals surface area contributed by atoms with Gasteiger partial charge < -0.3 is 15.3 Å². The minimum atomic E-state index is 0. The van der Waals surface area contributed by atoms with E-state index in [1.54, 1.807) is 20.8 Å². The average molecular weight is 421 g/mol. The van der Waals surface area contributed by atoms with Gasteiger partial charge in [-0.25, -0.2) is 0 Å². The summed E-state index contributed by atoms with van der Waals surface area (Å²) in [7, 11) is 0. The van der Waals surface area contributed by atoms with Gasteiger partial charge in [0.05, 0.1) is 0 Å². The van der Waals surface area contributed by atoms with Gasteiger partial charge in [0.25, 0.3) is 0 Å². The summed E-state index contributed by atoms with van der Waals surface area (Å²) in [6.45, 7) is 6.96. The van der Waals surface area contributed by atoms with Crippen molar-refractivity contribution in [2.45, 2.75) is 43.7 Å². The number of hydrogen-bond donors (Lipinski definition) is 0. The van der Waals surface area contributed by atoms with Crippen molar-refractivity contribution < 1.29 is 39.7 Å². The molecule has 0 heterocycles. The summed E-state index contributed by atoms with van der Waals surface area (Å²) in [6, 6.07) is 0. The van der Waals surface area contributed by atoms with Crippen LogP contribution in [0.2, 0.25) is 3.17 Å². The van der Waals surface area contributed by atoms with Crippen molar-refractivity contribution >= 4 is 0 Å². The SMILES string of the molecule is CCC[C]1([Hf+3])C=CC=C1.CC[O-].CC[O-].CC[O-]. The summed E-state index contributed by atoms with van der Waals surface area (Å²) in [6.07, 6.45) is 11.7. The van der Waals surface area contributed by atoms with Gasteiger partial charge in [0.2, 0.25) is 0 Å². The van der Waals surface area contributed by atoms with Crippen LogP contribution in [-0.4, -0.2) is 19.8 Å². The monoisotopic (exact) mass is 422 g/mol. The summed E-state index contributed by atoms with van der Waals surface area (Å²) < 4.78 is 0.523. The molecule has 1 aliphatic carbocycles. The van der Waals surface area contributed by atoms with Crippen molar-refractivity contribution in [2.75, 3.05) is 19.8 Å². The Labute approximate surface area is 127 Å². The maximum atomic E-state index is 8.93. The largest absolute Gasteiger partial charge is 0.855 e. The zero-order chi connectivity index (χ0) is 14.9. The van der Waals surface area contributed by atoms with Gasteiger partial charge in [-0.3, -0.25) is 0 Å². The Morgan fingerprint density at radius 3 is 1.33 bits per heavy atom. The van der Waals surface area contributed by atoms with Crippen molar-refractivity contribution in [2.24, 2.45) is 0 Å². The third kappa shape index (κ3) is 21.5. The van der Waals surface area contributed by atoms with Gasteiger partial charge in [0, 0.05) is 0 Å². The van der Waals surface area contributed by atoms with E-state index in [1.807, 2.05) is 0 Å². The van der Waals surface area contributed by atoms with Crippen LogP contribution in [0.5, 0.6) is 0 Å². The molecule has 3 nitrogen and oxygen atoms in total. The molecule has 0 fully saturated rings. The Bertz CT molecular complexity index is 175. The molecule has 0 unspecified atom stereocenters. The first-order valence-corrected chi connectivity index (χ1v) is 8.17. The molecule has 0 spiro atoms. The molecular weight excluding hydrogens is 395 g/mol. The standard InChI is InChI=1S/C8H11.3C2H5O.Hf/c1-2-5-8-6-3-4-7-8;3*1-2-3;/h3-4,6-7H,2,5H2,1H3;3*2H2,1H3;/q;3*-1;+3. The van der Waals surface area contributed by atoms with Gasteiger partial charge in [0.15, 0.2) is 0 Å². The quantitative estimate of drug-likeness (QED) is 0.618. The molecule has 1 rings (SSSR count). The van der Waals surface area contributed by atoms with E-state index in [2.05, 4.69) is 31.2 Å². The molecule has 18 heavy (non-hydrogen) atoms. The molecule has 0 aromatic carbocycles. The van der Waals surface area contributed by atoms with E-state index < -0.39 is 0 Å². The van der Waals surface area contributed by atoms with Crippen LogP contribution >= 0.6 is 0 Å². The van der Waals surface area contributed by atoms with Gasteiger partial charge in [-0.15, -0.1) is 19.8 Å². The van der Waals surface area contributed by atoms with E-state index in [0.29, 0.717) is 3.17 Å². The predicted molar refractivity (Wildman–Crippen MR) is 67.5 cm³/mol. The summed E-state index contributed by atoms with van der Waals surface area (Å²) >= 11 is 1.27. The zero-order valence-corrected chi connectivity index (χ0v) is 15.7. The molecule has 0 N–H and O–H groups in total. The fourth-order valence-corrected chi connectivity index (χ4v) is 2.68. The Balaban J connectivity index is -0.000000210. The summed E-state index contributed by atoms with van der Waals surface area (Å²) in [5.41, 5.74) is 0. The zero-order valence-electron chi connectivity index (χ0n) is 12.1. The van der Waals surface area contributed by atoms with Crippen molar-refractivity contribution in [3.05, 3.63) is 24.3 Å². The first-order chi connectivity index (χ1) is 8.51. The fraction of sp³-hybridized carbons (Fsp3) is 0.714. The van der Waals surface area contributed by atoms with Gasteiger partial charge >= 0.3 is 71.6 Å². The fourth-order valence-electron chi connectivity index (χ4n) is 1.09. The van der Waals surface area contributed by atoms with Crippen LogP contribution in [0.1, 0.15) is 40.5 Å². The van der Waals surface area contributed by atoms with Crippen LogP contribution in [0.3, 0.4) is 0 Å². The molecule has 0 atom stereocenters. The summed E-state index contributed by atoms with van der Waals surface area (Å²) in [5, 5.41) is 26.8. The summed E-state index contributed by atoms with van der Waals surface area (Å²) in [4.78, 5) is 0. The van der Waals surface area contributed by atoms with E-state index >= 15 is 0 Å². The van der Waals surface area contributed by atoms with E-state index in [1.165, 1.54) is 37.2 Å². The van der Waals surface area contributed by atoms with Crippen LogP contribution in [0.4, 0.5) is 0 Å². The maximum Gasteiger partial charge on any atom is -0.0809 e. The second-order valence-corrected chi connectivity index (χ2v) is 6.72. The minimum Gasteiger partial charge on any atom is -0.855 e. The summed E-state index contributed by atoms with van der Waals surface area (Å²) in [5.74, 6) is 0. The molecule has 0 radical (unpaired) electrons. The van der Waals surface area contributed by atoms with Crippen molar-refractivity contribution in [3.63, 3.8) is 0 Å².